The Bertz CT molecular complexity index is 1020. The Kier molecular flexibility index (Phi) is 5.81. The van der Waals surface area contributed by atoms with Gasteiger partial charge in [-0.15, -0.1) is 0 Å². The summed E-state index contributed by atoms with van der Waals surface area (Å²) in [6, 6.07) is 17.1. The van der Waals surface area contributed by atoms with Crippen LogP contribution in [0.15, 0.2) is 54.6 Å². The quantitative estimate of drug-likeness (QED) is 0.492. The second kappa shape index (κ2) is 8.66. The van der Waals surface area contributed by atoms with Gasteiger partial charge in [0.1, 0.15) is 0 Å². The molecule has 150 valence electrons. The van der Waals surface area contributed by atoms with Gasteiger partial charge in [0.2, 0.25) is 0 Å². The first-order valence-corrected chi connectivity index (χ1v) is 10.3. The Morgan fingerprint density at radius 1 is 1.21 bits per heavy atom. The molecule has 2 aromatic carbocycles. The molecule has 0 amide bonds. The molecule has 0 saturated carbocycles. The molecule has 1 fully saturated rings. The summed E-state index contributed by atoms with van der Waals surface area (Å²) < 4.78 is 4.64. The molecule has 1 N–H and O–H groups in total. The molecule has 4 rings (SSSR count). The molecular weight excluding hydrogens is 360 g/mol. The number of nitrogens with zero attached hydrogens (tertiary/aromatic N) is 1. The van der Waals surface area contributed by atoms with Crippen LogP contribution in [0, 0.1) is 6.92 Å². The van der Waals surface area contributed by atoms with E-state index in [0.717, 1.165) is 25.2 Å². The topological polar surface area (TPSA) is 45.3 Å². The number of nitrogens with one attached hydrogen (secondary N) is 1. The van der Waals surface area contributed by atoms with E-state index in [4.69, 9.17) is 0 Å². The number of carbonyl (C=O) groups is 1. The van der Waals surface area contributed by atoms with E-state index in [1.54, 1.807) is 6.08 Å². The van der Waals surface area contributed by atoms with Gasteiger partial charge < -0.3 is 9.72 Å². The number of benzene rings is 2. The number of aromatic amines is 1. The predicted molar refractivity (Wildman–Crippen MR) is 118 cm³/mol. The van der Waals surface area contributed by atoms with Gasteiger partial charge in [-0.3, -0.25) is 4.90 Å². The lowest BCUT2D eigenvalue weighted by atomic mass is 9.88. The van der Waals surface area contributed by atoms with Crippen molar-refractivity contribution in [1.82, 2.24) is 9.88 Å². The lowest BCUT2D eigenvalue weighted by Gasteiger charge is -2.33. The highest BCUT2D eigenvalue weighted by atomic mass is 16.5. The second-order valence-corrected chi connectivity index (χ2v) is 7.88. The molecule has 4 nitrogen and oxygen atoms in total. The van der Waals surface area contributed by atoms with Crippen molar-refractivity contribution in [2.75, 3.05) is 20.2 Å². The third-order valence-corrected chi connectivity index (χ3v) is 5.86. The highest BCUT2D eigenvalue weighted by Crippen LogP contribution is 2.35. The van der Waals surface area contributed by atoms with E-state index < -0.39 is 0 Å². The van der Waals surface area contributed by atoms with Crippen molar-refractivity contribution in [1.29, 1.82) is 0 Å². The van der Waals surface area contributed by atoms with E-state index in [-0.39, 0.29) is 5.97 Å². The van der Waals surface area contributed by atoms with Gasteiger partial charge >= 0.3 is 5.97 Å². The normalized spacial score (nSPS) is 17.8. The van der Waals surface area contributed by atoms with E-state index in [2.05, 4.69) is 70.1 Å². The number of ether oxygens (including phenoxy) is 1. The maximum Gasteiger partial charge on any atom is 0.330 e. The first-order chi connectivity index (χ1) is 14.1. The molecule has 0 aliphatic carbocycles. The number of esters is 1. The molecule has 1 saturated heterocycles. The molecule has 1 atom stereocenters. The van der Waals surface area contributed by atoms with Gasteiger partial charge in [0.15, 0.2) is 0 Å². The minimum Gasteiger partial charge on any atom is -0.466 e. The molecule has 1 aromatic heterocycles. The second-order valence-electron chi connectivity index (χ2n) is 7.88. The smallest absolute Gasteiger partial charge is 0.330 e. The van der Waals surface area contributed by atoms with Crippen LogP contribution in [0.1, 0.15) is 41.1 Å². The van der Waals surface area contributed by atoms with Crippen molar-refractivity contribution >= 4 is 22.9 Å². The number of H-pyrrole nitrogens is 1. The van der Waals surface area contributed by atoms with Crippen molar-refractivity contribution in [3.8, 4) is 0 Å². The van der Waals surface area contributed by atoms with Crippen LogP contribution in [-0.2, 0) is 16.1 Å². The number of para-hydroxylation sites is 1. The molecule has 29 heavy (non-hydrogen) atoms. The van der Waals surface area contributed by atoms with Crippen molar-refractivity contribution in [3.63, 3.8) is 0 Å². The van der Waals surface area contributed by atoms with Crippen LogP contribution in [0.4, 0.5) is 0 Å². The maximum atomic E-state index is 11.2. The average Bonchev–Trinajstić information content (AvgIpc) is 3.09. The summed E-state index contributed by atoms with van der Waals surface area (Å²) in [6.45, 7) is 5.39. The lowest BCUT2D eigenvalue weighted by Crippen LogP contribution is -2.34. The van der Waals surface area contributed by atoms with Gasteiger partial charge in [-0.2, -0.15) is 0 Å². The molecule has 1 aliphatic heterocycles. The largest absolute Gasteiger partial charge is 0.466 e. The van der Waals surface area contributed by atoms with Crippen molar-refractivity contribution in [2.24, 2.45) is 0 Å². The van der Waals surface area contributed by atoms with E-state index in [9.17, 15) is 4.79 Å². The van der Waals surface area contributed by atoms with E-state index >= 15 is 0 Å². The summed E-state index contributed by atoms with van der Waals surface area (Å²) in [7, 11) is 1.39. The first-order valence-electron chi connectivity index (χ1n) is 10.3. The van der Waals surface area contributed by atoms with E-state index in [0.29, 0.717) is 5.92 Å². The molecule has 0 spiro atoms. The van der Waals surface area contributed by atoms with Gasteiger partial charge in [0.05, 0.1) is 7.11 Å². The van der Waals surface area contributed by atoms with Crippen LogP contribution >= 0.6 is 0 Å². The van der Waals surface area contributed by atoms with Gasteiger partial charge in [0.25, 0.3) is 0 Å². The molecule has 4 heteroatoms. The fourth-order valence-corrected chi connectivity index (χ4v) is 4.48. The van der Waals surface area contributed by atoms with Crippen LogP contribution in [0.25, 0.3) is 17.0 Å². The first kappa shape index (κ1) is 19.5. The number of hydrogen-bond acceptors (Lipinski definition) is 3. The molecule has 0 radical (unpaired) electrons. The summed E-state index contributed by atoms with van der Waals surface area (Å²) in [5.74, 6) is 0.239. The average molecular weight is 389 g/mol. The number of rotatable bonds is 5. The van der Waals surface area contributed by atoms with Crippen molar-refractivity contribution < 1.29 is 9.53 Å². The van der Waals surface area contributed by atoms with E-state index in [1.807, 2.05) is 0 Å². The van der Waals surface area contributed by atoms with Crippen LogP contribution < -0.4 is 0 Å². The monoisotopic (exact) mass is 388 g/mol. The van der Waals surface area contributed by atoms with Gasteiger partial charge in [-0.25, -0.2) is 4.79 Å². The zero-order valence-corrected chi connectivity index (χ0v) is 17.2. The van der Waals surface area contributed by atoms with Gasteiger partial charge in [-0.05, 0) is 61.1 Å². The number of carbonyl (C=O) groups excluding carboxylic acids is 1. The summed E-state index contributed by atoms with van der Waals surface area (Å²) >= 11 is 0. The molecule has 1 unspecified atom stereocenters. The minimum atomic E-state index is -0.332. The van der Waals surface area contributed by atoms with E-state index in [1.165, 1.54) is 53.8 Å². The minimum absolute atomic E-state index is 0.332. The maximum absolute atomic E-state index is 11.2. The highest BCUT2D eigenvalue weighted by Gasteiger charge is 2.25. The molecule has 1 aliphatic rings. The zero-order valence-electron chi connectivity index (χ0n) is 17.2. The van der Waals surface area contributed by atoms with Crippen LogP contribution in [0.3, 0.4) is 0 Å². The summed E-state index contributed by atoms with van der Waals surface area (Å²) in [4.78, 5) is 17.4. The third kappa shape index (κ3) is 4.43. The number of aromatic nitrogens is 1. The summed E-state index contributed by atoms with van der Waals surface area (Å²) in [6.07, 6.45) is 5.71. The van der Waals surface area contributed by atoms with Crippen LogP contribution in [0.5, 0.6) is 0 Å². The van der Waals surface area contributed by atoms with Gasteiger partial charge in [-0.1, -0.05) is 42.5 Å². The summed E-state index contributed by atoms with van der Waals surface area (Å²) in [5.41, 5.74) is 6.35. The van der Waals surface area contributed by atoms with Crippen molar-refractivity contribution in [3.05, 3.63) is 77.0 Å². The Balaban J connectivity index is 1.44. The SMILES string of the molecule is COC(=O)/C=C/c1ccc(CN2CCCC(c3c(C)[nH]c4ccccc34)C2)cc1. The lowest BCUT2D eigenvalue weighted by molar-refractivity contribution is -0.134. The number of methoxy groups -OCH3 is 1. The molecule has 2 heterocycles. The zero-order chi connectivity index (χ0) is 20.2. The Labute approximate surface area is 172 Å². The van der Waals surface area contributed by atoms with Crippen LogP contribution in [0.2, 0.25) is 0 Å². The third-order valence-electron chi connectivity index (χ3n) is 5.86. The summed E-state index contributed by atoms with van der Waals surface area (Å²) in [5, 5.41) is 1.37. The number of aryl methyl sites for hydroxylation is 1. The number of piperidine rings is 1. The number of fused-ring (bicyclic) bond motifs is 1. The predicted octanol–water partition coefficient (Wildman–Crippen LogP) is 5.04. The molecule has 0 bridgehead atoms. The Morgan fingerprint density at radius 3 is 2.79 bits per heavy atom. The van der Waals surface area contributed by atoms with Crippen molar-refractivity contribution in [2.45, 2.75) is 32.2 Å². The highest BCUT2D eigenvalue weighted by molar-refractivity contribution is 5.87. The standard InChI is InChI=1S/C25H28N2O2/c1-18-25(22-7-3-4-8-23(22)26-18)21-6-5-15-27(17-21)16-20-11-9-19(10-12-20)13-14-24(28)29-2/h3-4,7-14,21,26H,5-6,15-17H2,1-2H3/b14-13+. The number of hydrogen-bond donors (Lipinski definition) is 1. The van der Waals surface area contributed by atoms with Gasteiger partial charge in [0, 0.05) is 35.8 Å². The Morgan fingerprint density at radius 2 is 2.00 bits per heavy atom. The fourth-order valence-electron chi connectivity index (χ4n) is 4.48. The molecule has 3 aromatic rings. The fraction of sp³-hybridized carbons (Fsp3) is 0.320. The molecular formula is C25H28N2O2. The number of likely N-dealkylation sites (tertiary alicyclic amines) is 1. The van der Waals surface area contributed by atoms with Crippen LogP contribution in [-0.4, -0.2) is 36.1 Å². The Hall–Kier alpha value is -2.85.